The summed E-state index contributed by atoms with van der Waals surface area (Å²) in [6.07, 6.45) is 2.05. The Morgan fingerprint density at radius 2 is 1.97 bits per heavy atom. The number of aromatic nitrogens is 1. The Morgan fingerprint density at radius 3 is 2.58 bits per heavy atom. The largest absolute Gasteiger partial charge is 0.496 e. The van der Waals surface area contributed by atoms with Gasteiger partial charge in [-0.1, -0.05) is 0 Å². The third kappa shape index (κ3) is 4.77. The fraction of sp³-hybridized carbons (Fsp3) is 0.440. The number of amides is 1. The maximum absolute atomic E-state index is 13.6. The van der Waals surface area contributed by atoms with Crippen molar-refractivity contribution in [2.75, 3.05) is 46.4 Å². The molecular weight excluding hydrogens is 438 g/mol. The first-order valence-electron chi connectivity index (χ1n) is 11.1. The van der Waals surface area contributed by atoms with Gasteiger partial charge in [-0.25, -0.2) is 4.98 Å². The fourth-order valence-corrected chi connectivity index (χ4v) is 5.17. The number of thiophene rings is 1. The molecular formula is C25H31N3O4S. The van der Waals surface area contributed by atoms with E-state index in [9.17, 15) is 4.79 Å². The summed E-state index contributed by atoms with van der Waals surface area (Å²) in [5.74, 6) is 2.22. The van der Waals surface area contributed by atoms with Gasteiger partial charge in [0.1, 0.15) is 22.8 Å². The lowest BCUT2D eigenvalue weighted by atomic mass is 10.1. The van der Waals surface area contributed by atoms with E-state index in [1.54, 1.807) is 14.2 Å². The van der Waals surface area contributed by atoms with Crippen molar-refractivity contribution >= 4 is 34.0 Å². The second-order valence-corrected chi connectivity index (χ2v) is 9.40. The molecule has 1 amide bonds. The molecule has 176 valence electrons. The Kier molecular flexibility index (Phi) is 7.05. The molecule has 1 aromatic carbocycles. The van der Waals surface area contributed by atoms with Gasteiger partial charge in [-0.2, -0.15) is 0 Å². The topological polar surface area (TPSA) is 64.1 Å². The van der Waals surface area contributed by atoms with Crippen molar-refractivity contribution in [3.63, 3.8) is 0 Å². The molecule has 0 spiro atoms. The molecule has 0 bridgehead atoms. The van der Waals surface area contributed by atoms with E-state index in [-0.39, 0.29) is 12.0 Å². The molecule has 3 aromatic rings. The highest BCUT2D eigenvalue weighted by atomic mass is 32.1. The van der Waals surface area contributed by atoms with Gasteiger partial charge in [0.15, 0.2) is 0 Å². The molecule has 7 nitrogen and oxygen atoms in total. The number of aryl methyl sites for hydroxylation is 1. The van der Waals surface area contributed by atoms with Gasteiger partial charge in [0.2, 0.25) is 0 Å². The predicted octanol–water partition coefficient (Wildman–Crippen LogP) is 4.51. The number of benzene rings is 1. The molecule has 1 unspecified atom stereocenters. The minimum atomic E-state index is 0.0282. The van der Waals surface area contributed by atoms with Crippen LogP contribution in [0.5, 0.6) is 11.5 Å². The summed E-state index contributed by atoms with van der Waals surface area (Å²) in [4.78, 5) is 23.2. The van der Waals surface area contributed by atoms with E-state index in [1.807, 2.05) is 54.4 Å². The molecule has 1 aliphatic heterocycles. The van der Waals surface area contributed by atoms with E-state index in [0.717, 1.165) is 57.9 Å². The van der Waals surface area contributed by atoms with Crippen LogP contribution < -0.4 is 14.4 Å². The summed E-state index contributed by atoms with van der Waals surface area (Å²) in [6.45, 7) is 3.71. The molecule has 0 saturated carbocycles. The standard InChI is InChI=1S/C25H31N3O4S/c1-16-10-12-33-23(16)25(29)28(15-18-7-6-11-32-18)14-17-13-19-20(30-4)8-9-21(31-5)22(19)26-24(17)27(2)3/h8-10,12-13,18H,6-7,11,14-15H2,1-5H3. The number of hydrogen-bond donors (Lipinski definition) is 0. The van der Waals surface area contributed by atoms with E-state index in [1.165, 1.54) is 11.3 Å². The van der Waals surface area contributed by atoms with Crippen LogP contribution in [0, 0.1) is 6.92 Å². The van der Waals surface area contributed by atoms with E-state index >= 15 is 0 Å². The molecule has 2 aromatic heterocycles. The van der Waals surface area contributed by atoms with Crippen molar-refractivity contribution in [3.05, 3.63) is 45.6 Å². The monoisotopic (exact) mass is 469 g/mol. The lowest BCUT2D eigenvalue weighted by molar-refractivity contribution is 0.0510. The molecule has 4 rings (SSSR count). The number of ether oxygens (including phenoxy) is 3. The number of rotatable bonds is 8. The zero-order valence-electron chi connectivity index (χ0n) is 19.9. The molecule has 8 heteroatoms. The number of nitrogens with zero attached hydrogens (tertiary/aromatic N) is 3. The van der Waals surface area contributed by atoms with Crippen LogP contribution in [0.4, 0.5) is 5.82 Å². The Hall–Kier alpha value is -2.84. The van der Waals surface area contributed by atoms with Gasteiger partial charge in [0.05, 0.1) is 25.2 Å². The highest BCUT2D eigenvalue weighted by Crippen LogP contribution is 2.36. The van der Waals surface area contributed by atoms with Crippen LogP contribution in [0.2, 0.25) is 0 Å². The molecule has 33 heavy (non-hydrogen) atoms. The fourth-order valence-electron chi connectivity index (χ4n) is 4.28. The van der Waals surface area contributed by atoms with Gasteiger partial charge in [-0.05, 0) is 55.0 Å². The van der Waals surface area contributed by atoms with Gasteiger partial charge in [0, 0.05) is 44.7 Å². The molecule has 0 radical (unpaired) electrons. The van der Waals surface area contributed by atoms with Crippen LogP contribution >= 0.6 is 11.3 Å². The van der Waals surface area contributed by atoms with Crippen molar-refractivity contribution in [1.29, 1.82) is 0 Å². The molecule has 1 fully saturated rings. The number of pyridine rings is 1. The average Bonchev–Trinajstić information content (AvgIpc) is 3.48. The number of anilines is 1. The van der Waals surface area contributed by atoms with Gasteiger partial charge >= 0.3 is 0 Å². The molecule has 0 aliphatic carbocycles. The van der Waals surface area contributed by atoms with Crippen molar-refractivity contribution < 1.29 is 19.0 Å². The first kappa shape index (κ1) is 23.3. The number of methoxy groups -OCH3 is 2. The van der Waals surface area contributed by atoms with Crippen molar-refractivity contribution in [2.24, 2.45) is 0 Å². The minimum Gasteiger partial charge on any atom is -0.496 e. The predicted molar refractivity (Wildman–Crippen MR) is 132 cm³/mol. The Labute approximate surface area is 198 Å². The maximum Gasteiger partial charge on any atom is 0.264 e. The van der Waals surface area contributed by atoms with E-state index < -0.39 is 0 Å². The summed E-state index contributed by atoms with van der Waals surface area (Å²) in [5, 5.41) is 2.82. The number of carbonyl (C=O) groups excluding carboxylic acids is 1. The third-order valence-electron chi connectivity index (χ3n) is 5.98. The van der Waals surface area contributed by atoms with E-state index in [4.69, 9.17) is 19.2 Å². The Balaban J connectivity index is 1.79. The molecule has 1 atom stereocenters. The van der Waals surface area contributed by atoms with Gasteiger partial charge < -0.3 is 24.0 Å². The lowest BCUT2D eigenvalue weighted by Gasteiger charge is -2.28. The first-order chi connectivity index (χ1) is 15.9. The van der Waals surface area contributed by atoms with Crippen molar-refractivity contribution in [3.8, 4) is 11.5 Å². The number of carbonyl (C=O) groups is 1. The highest BCUT2D eigenvalue weighted by molar-refractivity contribution is 7.12. The number of hydrogen-bond acceptors (Lipinski definition) is 7. The maximum atomic E-state index is 13.6. The van der Waals surface area contributed by atoms with E-state index in [0.29, 0.717) is 18.8 Å². The van der Waals surface area contributed by atoms with Gasteiger partial charge in [0.25, 0.3) is 5.91 Å². The third-order valence-corrected chi connectivity index (χ3v) is 6.98. The summed E-state index contributed by atoms with van der Waals surface area (Å²) >= 11 is 1.48. The second-order valence-electron chi connectivity index (χ2n) is 8.49. The summed E-state index contributed by atoms with van der Waals surface area (Å²) in [5.41, 5.74) is 2.67. The SMILES string of the molecule is COc1ccc(OC)c2nc(N(C)C)c(CN(CC3CCCO3)C(=O)c3sccc3C)cc12. The summed E-state index contributed by atoms with van der Waals surface area (Å²) in [7, 11) is 7.20. The normalized spacial score (nSPS) is 15.6. The summed E-state index contributed by atoms with van der Waals surface area (Å²) in [6, 6.07) is 7.80. The van der Waals surface area contributed by atoms with Gasteiger partial charge in [-0.3, -0.25) is 4.79 Å². The van der Waals surface area contributed by atoms with Crippen molar-refractivity contribution in [1.82, 2.24) is 9.88 Å². The number of fused-ring (bicyclic) bond motifs is 1. The smallest absolute Gasteiger partial charge is 0.264 e. The molecule has 1 saturated heterocycles. The van der Waals surface area contributed by atoms with Crippen LogP contribution in [0.1, 0.15) is 33.6 Å². The van der Waals surface area contributed by atoms with Crippen LogP contribution in [-0.2, 0) is 11.3 Å². The molecule has 1 aliphatic rings. The van der Waals surface area contributed by atoms with E-state index in [2.05, 4.69) is 6.07 Å². The first-order valence-corrected chi connectivity index (χ1v) is 12.0. The highest BCUT2D eigenvalue weighted by Gasteiger charge is 2.27. The quantitative estimate of drug-likeness (QED) is 0.484. The van der Waals surface area contributed by atoms with Crippen LogP contribution in [0.15, 0.2) is 29.6 Å². The lowest BCUT2D eigenvalue weighted by Crippen LogP contribution is -2.37. The average molecular weight is 470 g/mol. The molecule has 0 N–H and O–H groups in total. The van der Waals surface area contributed by atoms with Crippen LogP contribution in [-0.4, -0.2) is 63.4 Å². The minimum absolute atomic E-state index is 0.0282. The second kappa shape index (κ2) is 9.97. The molecule has 3 heterocycles. The van der Waals surface area contributed by atoms with Crippen LogP contribution in [0.3, 0.4) is 0 Å². The zero-order valence-corrected chi connectivity index (χ0v) is 20.7. The summed E-state index contributed by atoms with van der Waals surface area (Å²) < 4.78 is 17.0. The van der Waals surface area contributed by atoms with Crippen molar-refractivity contribution in [2.45, 2.75) is 32.4 Å². The van der Waals surface area contributed by atoms with Crippen LogP contribution in [0.25, 0.3) is 10.9 Å². The van der Waals surface area contributed by atoms with Gasteiger partial charge in [-0.15, -0.1) is 11.3 Å². The Bertz CT molecular complexity index is 1140. The Morgan fingerprint density at radius 1 is 1.21 bits per heavy atom. The zero-order chi connectivity index (χ0) is 23.5.